The molecule has 9 heteroatoms. The Morgan fingerprint density at radius 1 is 1.30 bits per heavy atom. The third-order valence-electron chi connectivity index (χ3n) is 10.1. The summed E-state index contributed by atoms with van der Waals surface area (Å²) in [6, 6.07) is 0. The summed E-state index contributed by atoms with van der Waals surface area (Å²) in [5.74, 6) is 0.0176. The van der Waals surface area contributed by atoms with Crippen LogP contribution in [0.5, 0.6) is 0 Å². The fraction of sp³-hybridized carbons (Fsp3) is 0.821. The topological polar surface area (TPSA) is 110 Å². The van der Waals surface area contributed by atoms with Crippen LogP contribution in [0.3, 0.4) is 0 Å². The summed E-state index contributed by atoms with van der Waals surface area (Å²) < 4.78 is 6.02. The van der Waals surface area contributed by atoms with Crippen LogP contribution in [0.1, 0.15) is 199 Å². The van der Waals surface area contributed by atoms with Crippen LogP contribution in [0.2, 0.25) is 0 Å². The lowest BCUT2D eigenvalue weighted by atomic mass is 9.58. The number of methoxy groups -OCH3 is 1. The minimum absolute atomic E-state index is 0. The Bertz CT molecular complexity index is 1080. The van der Waals surface area contributed by atoms with Gasteiger partial charge in [-0.3, -0.25) is 14.4 Å². The lowest BCUT2D eigenvalue weighted by molar-refractivity contribution is -0.204. The first-order chi connectivity index (χ1) is 16.5. The Morgan fingerprint density at radius 2 is 1.86 bits per heavy atom. The molecule has 3 aliphatic rings. The number of nitrogens with zero attached hydrogens (tertiary/aromatic N) is 2. The fourth-order valence-corrected chi connectivity index (χ4v) is 8.89. The average Bonchev–Trinajstić information content (AvgIpc) is 3.17. The van der Waals surface area contributed by atoms with Crippen molar-refractivity contribution in [1.29, 1.82) is 0 Å². The van der Waals surface area contributed by atoms with E-state index in [0.29, 0.717) is 18.8 Å². The summed E-state index contributed by atoms with van der Waals surface area (Å²) in [6.07, 6.45) is 0.862. The van der Waals surface area contributed by atoms with Crippen LogP contribution >= 0.6 is 11.8 Å². The molecule has 0 bridgehead atoms. The minimum atomic E-state index is -0.725. The summed E-state index contributed by atoms with van der Waals surface area (Å²) >= 11 is 1.69. The molecule has 2 saturated heterocycles. The van der Waals surface area contributed by atoms with Gasteiger partial charge in [-0.2, -0.15) is 0 Å². The zero-order valence-corrected chi connectivity index (χ0v) is 25.6. The van der Waals surface area contributed by atoms with Gasteiger partial charge in [-0.15, -0.1) is 11.8 Å². The molecule has 0 aromatic rings. The molecule has 0 radical (unpaired) electrons. The molecule has 0 spiro atoms. The molecule has 0 aliphatic carbocycles. The molecule has 3 N–H and O–H groups in total. The Morgan fingerprint density at radius 3 is 2.30 bits per heavy atom. The van der Waals surface area contributed by atoms with Crippen molar-refractivity contribution in [1.82, 2.24) is 15.1 Å². The number of hydrogen-bond donors (Lipinski definition) is 1. The van der Waals surface area contributed by atoms with Crippen molar-refractivity contribution in [3.05, 3.63) is 10.6 Å². The summed E-state index contributed by atoms with van der Waals surface area (Å²) in [6.45, 7) is 22.2. The van der Waals surface area contributed by atoms with E-state index in [4.69, 9.17) is 4.74 Å². The molecule has 0 aromatic heterocycles. The number of rotatable bonds is 9. The molecule has 3 rings (SSSR count). The van der Waals surface area contributed by atoms with Gasteiger partial charge in [0.2, 0.25) is 11.8 Å². The summed E-state index contributed by atoms with van der Waals surface area (Å²) in [4.78, 5) is 44.1. The van der Waals surface area contributed by atoms with Gasteiger partial charge in [-0.05, 0) is 39.5 Å². The first-order valence-corrected chi connectivity index (χ1v) is 14.2. The van der Waals surface area contributed by atoms with Crippen LogP contribution in [-0.4, -0.2) is 82.6 Å². The van der Waals surface area contributed by atoms with Crippen molar-refractivity contribution in [3.63, 3.8) is 0 Å². The molecule has 3 aliphatic heterocycles. The van der Waals surface area contributed by atoms with E-state index in [1.807, 2.05) is 27.8 Å². The van der Waals surface area contributed by atoms with Crippen LogP contribution in [0.25, 0.3) is 0 Å². The number of hydrogen-bond acceptors (Lipinski definition) is 6. The number of allylic oxidation sites excluding steroid dienone is 1. The molecule has 394 valence electrons. The highest BCUT2D eigenvalue weighted by Crippen LogP contribution is 2.64. The van der Waals surface area contributed by atoms with Gasteiger partial charge in [-0.1, -0.05) is 41.5 Å². The average molecular weight is 723 g/mol. The lowest BCUT2D eigenvalue weighted by Crippen LogP contribution is -2.76. The number of fused-ring (bicyclic) bond motifs is 1. The van der Waals surface area contributed by atoms with Crippen LogP contribution in [0.15, 0.2) is 10.6 Å². The molecular weight excluding hydrogens is 490 g/mol. The predicted octanol–water partition coefficient (Wildman–Crippen LogP) is 25.5. The van der Waals surface area contributed by atoms with E-state index in [9.17, 15) is 14.4 Å². The summed E-state index contributed by atoms with van der Waals surface area (Å²) in [7, 11) is 3.52. The number of amides is 2. The van der Waals surface area contributed by atoms with Crippen molar-refractivity contribution >= 4 is 29.9 Å². The Labute approximate surface area is 362 Å². The molecule has 0 aromatic carbocycles. The SMILES string of the molecule is CCN(C)C(=O)[C@@]1(C)NC[C@@H](SC2=C(C=O)N3C(=O)[C@H]([C@](C)(OC)C(C)C)[C@@]3(C)[C@H]2C(C)C)C1(C)C.O.[HH].[HH].[HH].[HH].[HH].[HH].[HH].[HH].[HH].[HH].[HH].[HH].[HH].[HH].[HH].[HH].[HH].[HH].[HH].[HH].[HH].[HH].[HH].[HH].[HH].[HH].[HH].[HH].[HH].[HH].[HH].[HH].[HH].[HH].[HH].[HH].[HH].[HH].[HH].[HH].[HH].[HH].[HH].[HH].[HH].[HH].[HH].[HH].[HH].[HH].[HH].[HH].[HH].[HH].[HH].[HH].[HH].[HH].[HH].[HH].[HH].[HH].[HH].[HH].[HH].[HH].[HH].[HH].[HH].[HH].[HH].[HH].[HH].[HH].[HH].[HH].[HH].[HH].[HH].[HH].[HH].[HH].[HH].[HH].[HH].[HH].[HH].[HH].[HH].[HH].[HH]. The van der Waals surface area contributed by atoms with Gasteiger partial charge >= 0.3 is 0 Å². The molecule has 2 amide bonds. The predicted molar refractivity (Wildman–Crippen MR) is 341 cm³/mol. The van der Waals surface area contributed by atoms with Crippen LogP contribution in [0.4, 0.5) is 0 Å². The van der Waals surface area contributed by atoms with Crippen molar-refractivity contribution in [2.24, 2.45) is 29.1 Å². The number of carbonyl (C=O) groups is 3. The number of nitrogens with one attached hydrogen (secondary N) is 1. The van der Waals surface area contributed by atoms with Gasteiger partial charge in [0.05, 0.1) is 22.8 Å². The molecule has 0 unspecified atom stereocenters. The first-order valence-electron chi connectivity index (χ1n) is 13.3. The van der Waals surface area contributed by atoms with Gasteiger partial charge in [0, 0.05) is 179 Å². The number of β-lactam (4-membered cyclic amide) rings is 1. The molecule has 37 heavy (non-hydrogen) atoms. The summed E-state index contributed by atoms with van der Waals surface area (Å²) in [5.41, 5.74) is -1.81. The number of thioether (sulfide) groups is 1. The van der Waals surface area contributed by atoms with E-state index in [2.05, 4.69) is 53.8 Å². The molecule has 2 fully saturated rings. The third-order valence-corrected chi connectivity index (χ3v) is 11.9. The number of aldehydes is 1. The molecule has 6 atom stereocenters. The quantitative estimate of drug-likeness (QED) is 0.187. The van der Waals surface area contributed by atoms with Gasteiger partial charge < -0.3 is 25.3 Å². The van der Waals surface area contributed by atoms with E-state index in [1.54, 1.807) is 28.7 Å². The van der Waals surface area contributed by atoms with E-state index in [0.717, 1.165) is 11.2 Å². The van der Waals surface area contributed by atoms with Gasteiger partial charge in [-0.25, -0.2) is 0 Å². The van der Waals surface area contributed by atoms with E-state index < -0.39 is 16.7 Å². The second kappa shape index (κ2) is 10.3. The van der Waals surface area contributed by atoms with Gasteiger partial charge in [0.1, 0.15) is 5.54 Å². The van der Waals surface area contributed by atoms with Crippen molar-refractivity contribution < 1.29 is 154 Å². The molecular formula is C28H231N3O5S. The number of carbonyl (C=O) groups excluding carboxylic acids is 3. The zero-order chi connectivity index (χ0) is 27.6. The maximum atomic E-state index is 13.7. The molecule has 3 heterocycles. The van der Waals surface area contributed by atoms with Crippen LogP contribution < -0.4 is 5.32 Å². The van der Waals surface area contributed by atoms with Crippen molar-refractivity contribution in [2.75, 3.05) is 27.2 Å². The highest BCUT2D eigenvalue weighted by atomic mass is 32.2. The van der Waals surface area contributed by atoms with Gasteiger partial charge in [0.15, 0.2) is 6.29 Å². The van der Waals surface area contributed by atoms with E-state index in [-0.39, 0.29) is 181 Å². The standard InChI is InChI=1S/C28H47N3O4S.H2O.91H2/c1-13-30(11)24(34)28(10)25(6,7)19(14-29-28)36-21-18(15-32)31-23(33)22(27(9,35-12)17(4)5)26(31,8)20(21)16(2)3;;;;;;;;;;;;;;;;;;;;;;;;;;;;;;;;;;;;;;;;;;;;;;;;;;;;;;;;;;;;;;;;;;;;;;;;;;;;;;;;;;;;;;;;;;;;/h15-17,19-20,22,29H,13-14H2,1-12H3;1H2;91*1H/t19-,20+,22+,26-,27-,28-;;;;;;;;;;;;;;;;;;;;;;;;;;;;;;;;;;;;;;;;;;;;;;;;;;;;;;;;;;;;;;;;;;;;;;;;;;;;;;;;;;;;;;;;;;;;/m1............................................................................................/s1. The highest BCUT2D eigenvalue weighted by molar-refractivity contribution is 8.03. The highest BCUT2D eigenvalue weighted by Gasteiger charge is 2.72. The smallest absolute Gasteiger partial charge is 0.242 e. The zero-order valence-electron chi connectivity index (χ0n) is 24.8. The number of ether oxygens (including phenoxy) is 1. The van der Waals surface area contributed by atoms with Crippen LogP contribution in [-0.2, 0) is 19.1 Å². The Balaban J connectivity index is -0.00000000178. The number of likely N-dealkylation sites (N-methyl/N-ethyl adjacent to an activating group) is 1. The molecule has 0 saturated carbocycles. The fourth-order valence-electron chi connectivity index (χ4n) is 6.97. The minimum Gasteiger partial charge on any atom is -0.412 e. The van der Waals surface area contributed by atoms with E-state index in [1.165, 1.54) is 0 Å². The molecule has 8 nitrogen and oxygen atoms in total. The second-order valence-corrected chi connectivity index (χ2v) is 13.9. The summed E-state index contributed by atoms with van der Waals surface area (Å²) in [5, 5.41) is 3.58. The lowest BCUT2D eigenvalue weighted by Gasteiger charge is -2.61. The van der Waals surface area contributed by atoms with E-state index >= 15 is 0 Å². The Hall–Kier alpha value is -1.42. The third kappa shape index (κ3) is 4.10. The normalized spacial score (nSPS) is 34.3. The van der Waals surface area contributed by atoms with Crippen molar-refractivity contribution in [2.45, 2.75) is 91.2 Å². The maximum Gasteiger partial charge on any atom is 0.242 e. The second-order valence-electron chi connectivity index (χ2n) is 12.6. The first kappa shape index (κ1) is 31.8. The largest absolute Gasteiger partial charge is 0.412 e. The van der Waals surface area contributed by atoms with Crippen molar-refractivity contribution in [3.8, 4) is 0 Å². The Kier molecular flexibility index (Phi) is 8.84. The monoisotopic (exact) mass is 723 g/mol. The van der Waals surface area contributed by atoms with Crippen LogP contribution in [0, 0.1) is 29.1 Å². The maximum absolute atomic E-state index is 13.7. The van der Waals surface area contributed by atoms with Gasteiger partial charge in [0.25, 0.3) is 0 Å².